The maximum atomic E-state index is 12.9. The SMILES string of the molecule is Cc1ccc(S(=O)(=O)Nc2ccc(C3(C(=O)NC4CCCCC4)CC3)cc2)c(C)c1.O=C(O)C(F)(F)F. The van der Waals surface area contributed by atoms with Crippen molar-refractivity contribution in [1.29, 1.82) is 0 Å². The zero-order chi connectivity index (χ0) is 27.4. The van der Waals surface area contributed by atoms with Crippen molar-refractivity contribution >= 4 is 27.6 Å². The Bertz CT molecular complexity index is 1230. The van der Waals surface area contributed by atoms with Crippen molar-refractivity contribution in [2.45, 2.75) is 81.3 Å². The standard InChI is InChI=1S/C24H30N2O3S.C2HF3O2/c1-17-8-13-22(18(2)16-17)30(28,29)26-21-11-9-19(10-12-21)24(14-15-24)23(27)25-20-6-4-3-5-7-20;3-2(4,5)1(6)7/h8-13,16,20,26H,3-7,14-15H2,1-2H3,(H,25,27);(H,6,7). The lowest BCUT2D eigenvalue weighted by atomic mass is 9.91. The van der Waals surface area contributed by atoms with Crippen molar-refractivity contribution in [1.82, 2.24) is 5.32 Å². The summed E-state index contributed by atoms with van der Waals surface area (Å²) in [5, 5.41) is 10.4. The lowest BCUT2D eigenvalue weighted by Gasteiger charge is -2.25. The molecule has 2 aromatic carbocycles. The quantitative estimate of drug-likeness (QED) is 0.465. The number of nitrogens with one attached hydrogen (secondary N) is 2. The number of sulfonamides is 1. The van der Waals surface area contributed by atoms with Crippen LogP contribution in [0.1, 0.15) is 61.6 Å². The van der Waals surface area contributed by atoms with Crippen molar-refractivity contribution in [3.05, 3.63) is 59.2 Å². The van der Waals surface area contributed by atoms with Crippen LogP contribution in [0.5, 0.6) is 0 Å². The van der Waals surface area contributed by atoms with Gasteiger partial charge in [0.05, 0.1) is 10.3 Å². The summed E-state index contributed by atoms with van der Waals surface area (Å²) in [6.07, 6.45) is 2.39. The highest BCUT2D eigenvalue weighted by Crippen LogP contribution is 2.49. The molecule has 2 aromatic rings. The molecule has 7 nitrogen and oxygen atoms in total. The van der Waals surface area contributed by atoms with Gasteiger partial charge in [-0.15, -0.1) is 0 Å². The Kier molecular flexibility index (Phi) is 8.56. The molecule has 4 rings (SSSR count). The van der Waals surface area contributed by atoms with Gasteiger partial charge < -0.3 is 10.4 Å². The van der Waals surface area contributed by atoms with Crippen molar-refractivity contribution in [2.75, 3.05) is 4.72 Å². The molecule has 11 heteroatoms. The van der Waals surface area contributed by atoms with E-state index in [1.165, 1.54) is 19.3 Å². The first-order chi connectivity index (χ1) is 17.2. The van der Waals surface area contributed by atoms with E-state index < -0.39 is 27.6 Å². The van der Waals surface area contributed by atoms with E-state index in [9.17, 15) is 26.4 Å². The lowest BCUT2D eigenvalue weighted by molar-refractivity contribution is -0.192. The number of anilines is 1. The molecule has 2 saturated carbocycles. The van der Waals surface area contributed by atoms with Crippen LogP contribution in [0.25, 0.3) is 0 Å². The summed E-state index contributed by atoms with van der Waals surface area (Å²) in [7, 11) is -3.66. The number of alkyl halides is 3. The molecule has 2 fully saturated rings. The highest BCUT2D eigenvalue weighted by Gasteiger charge is 2.51. The minimum absolute atomic E-state index is 0.123. The van der Waals surface area contributed by atoms with Gasteiger partial charge in [0.25, 0.3) is 10.0 Å². The third kappa shape index (κ3) is 7.24. The van der Waals surface area contributed by atoms with Gasteiger partial charge in [-0.2, -0.15) is 13.2 Å². The third-order valence-electron chi connectivity index (χ3n) is 6.68. The van der Waals surface area contributed by atoms with Gasteiger partial charge in [0.15, 0.2) is 0 Å². The van der Waals surface area contributed by atoms with Crippen LogP contribution in [-0.4, -0.2) is 37.6 Å². The molecule has 2 aliphatic carbocycles. The Hall–Kier alpha value is -3.08. The summed E-state index contributed by atoms with van der Waals surface area (Å²) in [4.78, 5) is 22.1. The molecule has 0 atom stereocenters. The van der Waals surface area contributed by atoms with E-state index in [4.69, 9.17) is 9.90 Å². The molecule has 1 amide bonds. The van der Waals surface area contributed by atoms with E-state index in [0.29, 0.717) is 11.7 Å². The van der Waals surface area contributed by atoms with Gasteiger partial charge in [-0.1, -0.05) is 49.1 Å². The Balaban J connectivity index is 0.000000479. The Morgan fingerprint density at radius 2 is 1.54 bits per heavy atom. The Morgan fingerprint density at radius 3 is 2.03 bits per heavy atom. The normalized spacial score (nSPS) is 17.2. The number of carbonyl (C=O) groups excluding carboxylic acids is 1. The molecule has 3 N–H and O–H groups in total. The second-order valence-corrected chi connectivity index (χ2v) is 11.3. The number of amides is 1. The number of aryl methyl sites for hydroxylation is 2. The number of carboxylic acid groups (broad SMARTS) is 1. The summed E-state index contributed by atoms with van der Waals surface area (Å²) >= 11 is 0. The highest BCUT2D eigenvalue weighted by atomic mass is 32.2. The largest absolute Gasteiger partial charge is 0.490 e. The number of rotatable bonds is 6. The first-order valence-corrected chi connectivity index (χ1v) is 13.5. The molecule has 0 spiro atoms. The first-order valence-electron chi connectivity index (χ1n) is 12.1. The molecule has 0 bridgehead atoms. The molecule has 0 aromatic heterocycles. The predicted molar refractivity (Wildman–Crippen MR) is 133 cm³/mol. The van der Waals surface area contributed by atoms with Gasteiger partial charge in [-0.3, -0.25) is 9.52 Å². The minimum atomic E-state index is -5.08. The van der Waals surface area contributed by atoms with Gasteiger partial charge in [-0.05, 0) is 68.9 Å². The summed E-state index contributed by atoms with van der Waals surface area (Å²) < 4.78 is 60.0. The van der Waals surface area contributed by atoms with E-state index in [-0.39, 0.29) is 10.8 Å². The summed E-state index contributed by atoms with van der Waals surface area (Å²) in [5.41, 5.74) is 2.77. The first kappa shape index (κ1) is 28.5. The maximum absolute atomic E-state index is 12.9. The Morgan fingerprint density at radius 1 is 0.973 bits per heavy atom. The second kappa shape index (κ2) is 11.1. The van der Waals surface area contributed by atoms with E-state index >= 15 is 0 Å². The number of hydrogen-bond donors (Lipinski definition) is 3. The molecule has 0 aliphatic heterocycles. The van der Waals surface area contributed by atoms with Crippen LogP contribution < -0.4 is 10.0 Å². The highest BCUT2D eigenvalue weighted by molar-refractivity contribution is 7.92. The average Bonchev–Trinajstić information content (AvgIpc) is 3.62. The maximum Gasteiger partial charge on any atom is 0.490 e. The molecular weight excluding hydrogens is 509 g/mol. The smallest absolute Gasteiger partial charge is 0.475 e. The van der Waals surface area contributed by atoms with Gasteiger partial charge >= 0.3 is 12.1 Å². The van der Waals surface area contributed by atoms with Crippen LogP contribution >= 0.6 is 0 Å². The van der Waals surface area contributed by atoms with E-state index in [2.05, 4.69) is 10.0 Å². The van der Waals surface area contributed by atoms with Crippen molar-refractivity contribution in [2.24, 2.45) is 0 Å². The number of carbonyl (C=O) groups is 2. The number of aliphatic carboxylic acids is 1. The lowest BCUT2D eigenvalue weighted by Crippen LogP contribution is -2.42. The van der Waals surface area contributed by atoms with E-state index in [1.807, 2.05) is 25.1 Å². The van der Waals surface area contributed by atoms with Crippen molar-refractivity contribution in [3.63, 3.8) is 0 Å². The van der Waals surface area contributed by atoms with Crippen LogP contribution in [0.15, 0.2) is 47.4 Å². The fourth-order valence-electron chi connectivity index (χ4n) is 4.51. The molecule has 202 valence electrons. The van der Waals surface area contributed by atoms with Gasteiger partial charge in [0.1, 0.15) is 0 Å². The number of benzene rings is 2. The molecule has 0 unspecified atom stereocenters. The van der Waals surface area contributed by atoms with Crippen LogP contribution in [0, 0.1) is 13.8 Å². The number of hydrogen-bond acceptors (Lipinski definition) is 4. The van der Waals surface area contributed by atoms with Crippen molar-refractivity contribution < 1.29 is 36.3 Å². The molecule has 0 saturated heterocycles. The monoisotopic (exact) mass is 540 g/mol. The molecule has 37 heavy (non-hydrogen) atoms. The molecule has 0 heterocycles. The fraction of sp³-hybridized carbons (Fsp3) is 0.462. The topological polar surface area (TPSA) is 113 Å². The fourth-order valence-corrected chi connectivity index (χ4v) is 5.80. The van der Waals surface area contributed by atoms with Crippen LogP contribution in [0.2, 0.25) is 0 Å². The minimum Gasteiger partial charge on any atom is -0.475 e. The summed E-state index contributed by atoms with van der Waals surface area (Å²) in [5.74, 6) is -2.63. The zero-order valence-corrected chi connectivity index (χ0v) is 21.5. The van der Waals surface area contributed by atoms with Gasteiger partial charge in [0.2, 0.25) is 5.91 Å². The van der Waals surface area contributed by atoms with Gasteiger partial charge in [0, 0.05) is 11.7 Å². The van der Waals surface area contributed by atoms with E-state index in [1.54, 1.807) is 31.2 Å². The zero-order valence-electron chi connectivity index (χ0n) is 20.7. The molecular formula is C26H31F3N2O5S. The molecule has 2 aliphatic rings. The number of halogens is 3. The summed E-state index contributed by atoms with van der Waals surface area (Å²) in [6, 6.07) is 12.9. The third-order valence-corrected chi connectivity index (χ3v) is 8.22. The average molecular weight is 541 g/mol. The van der Waals surface area contributed by atoms with Crippen LogP contribution in [0.3, 0.4) is 0 Å². The number of carboxylic acids is 1. The van der Waals surface area contributed by atoms with Crippen LogP contribution in [0.4, 0.5) is 18.9 Å². The van der Waals surface area contributed by atoms with Gasteiger partial charge in [-0.25, -0.2) is 13.2 Å². The summed E-state index contributed by atoms with van der Waals surface area (Å²) in [6.45, 7) is 3.74. The molecule has 0 radical (unpaired) electrons. The Labute approximate surface area is 214 Å². The second-order valence-electron chi connectivity index (χ2n) is 9.65. The van der Waals surface area contributed by atoms with E-state index in [0.717, 1.165) is 42.4 Å². The van der Waals surface area contributed by atoms with Crippen LogP contribution in [-0.2, 0) is 25.0 Å². The predicted octanol–water partition coefficient (Wildman–Crippen LogP) is 5.22. The van der Waals surface area contributed by atoms with Crippen molar-refractivity contribution in [3.8, 4) is 0 Å².